The third kappa shape index (κ3) is 3.01. The van der Waals surface area contributed by atoms with Crippen LogP contribution in [0.2, 0.25) is 0 Å². The van der Waals surface area contributed by atoms with Gasteiger partial charge in [0.05, 0.1) is 0 Å². The Morgan fingerprint density at radius 2 is 1.95 bits per heavy atom. The van der Waals surface area contributed by atoms with Gasteiger partial charge >= 0.3 is 0 Å². The lowest BCUT2D eigenvalue weighted by molar-refractivity contribution is 0.160. The molecule has 0 aromatic heterocycles. The van der Waals surface area contributed by atoms with Crippen LogP contribution >= 0.6 is 0 Å². The van der Waals surface area contributed by atoms with Crippen molar-refractivity contribution < 1.29 is 0 Å². The summed E-state index contributed by atoms with van der Waals surface area (Å²) >= 11 is 0. The zero-order valence-electron chi connectivity index (χ0n) is 12.3. The van der Waals surface area contributed by atoms with Gasteiger partial charge < -0.3 is 5.32 Å². The van der Waals surface area contributed by atoms with E-state index in [0.29, 0.717) is 6.04 Å². The van der Waals surface area contributed by atoms with E-state index < -0.39 is 0 Å². The fraction of sp³-hybridized carbons (Fsp3) is 0.647. The normalized spacial score (nSPS) is 22.4. The topological polar surface area (TPSA) is 15.3 Å². The van der Waals surface area contributed by atoms with E-state index in [1.165, 1.54) is 43.5 Å². The molecule has 1 aromatic rings. The molecule has 1 aliphatic carbocycles. The third-order valence-corrected chi connectivity index (χ3v) is 4.85. The van der Waals surface area contributed by atoms with Crippen molar-refractivity contribution in [2.45, 2.75) is 39.2 Å². The fourth-order valence-corrected chi connectivity index (χ4v) is 3.27. The first kappa shape index (κ1) is 13.1. The minimum atomic E-state index is 0.648. The first-order chi connectivity index (χ1) is 9.25. The van der Waals surface area contributed by atoms with E-state index in [1.54, 1.807) is 5.56 Å². The molecule has 0 unspecified atom stereocenters. The zero-order valence-corrected chi connectivity index (χ0v) is 12.3. The number of rotatable bonds is 4. The number of hydrogen-bond donors (Lipinski definition) is 1. The molecule has 0 bridgehead atoms. The van der Waals surface area contributed by atoms with Gasteiger partial charge in [-0.15, -0.1) is 0 Å². The van der Waals surface area contributed by atoms with Gasteiger partial charge in [0, 0.05) is 32.2 Å². The molecule has 1 saturated heterocycles. The van der Waals surface area contributed by atoms with Crippen LogP contribution in [-0.2, 0) is 0 Å². The minimum Gasteiger partial charge on any atom is -0.314 e. The van der Waals surface area contributed by atoms with Gasteiger partial charge in [0.1, 0.15) is 0 Å². The highest BCUT2D eigenvalue weighted by atomic mass is 15.2. The number of piperazine rings is 1. The zero-order chi connectivity index (χ0) is 13.2. The van der Waals surface area contributed by atoms with Crippen molar-refractivity contribution >= 4 is 0 Å². The van der Waals surface area contributed by atoms with Crippen molar-refractivity contribution in [1.29, 1.82) is 0 Å². The highest BCUT2D eigenvalue weighted by Crippen LogP contribution is 2.41. The van der Waals surface area contributed by atoms with Crippen LogP contribution in [-0.4, -0.2) is 31.1 Å². The van der Waals surface area contributed by atoms with Gasteiger partial charge in [-0.3, -0.25) is 4.90 Å². The van der Waals surface area contributed by atoms with E-state index in [1.807, 2.05) is 0 Å². The summed E-state index contributed by atoms with van der Waals surface area (Å²) in [5.74, 6) is 0.986. The molecule has 2 nitrogen and oxygen atoms in total. The molecular weight excluding hydrogens is 232 g/mol. The van der Waals surface area contributed by atoms with E-state index in [4.69, 9.17) is 0 Å². The Balaban J connectivity index is 1.86. The van der Waals surface area contributed by atoms with Crippen LogP contribution in [0.5, 0.6) is 0 Å². The first-order valence-electron chi connectivity index (χ1n) is 7.76. The Morgan fingerprint density at radius 3 is 2.63 bits per heavy atom. The Kier molecular flexibility index (Phi) is 3.90. The maximum Gasteiger partial charge on any atom is 0.0354 e. The van der Waals surface area contributed by atoms with Gasteiger partial charge in [-0.05, 0) is 42.9 Å². The van der Waals surface area contributed by atoms with Gasteiger partial charge in [0.15, 0.2) is 0 Å². The summed E-state index contributed by atoms with van der Waals surface area (Å²) < 4.78 is 0. The van der Waals surface area contributed by atoms with Crippen LogP contribution in [0.1, 0.15) is 42.0 Å². The highest BCUT2D eigenvalue weighted by molar-refractivity contribution is 5.35. The second-order valence-electron chi connectivity index (χ2n) is 6.27. The molecule has 2 aliphatic rings. The molecule has 0 amide bonds. The molecule has 0 radical (unpaired) electrons. The van der Waals surface area contributed by atoms with Crippen LogP contribution in [0.25, 0.3) is 0 Å². The lowest BCUT2D eigenvalue weighted by atomic mass is 9.92. The smallest absolute Gasteiger partial charge is 0.0354 e. The van der Waals surface area contributed by atoms with Gasteiger partial charge in [-0.25, -0.2) is 0 Å². The number of nitrogens with one attached hydrogen (secondary N) is 1. The maximum atomic E-state index is 3.47. The summed E-state index contributed by atoms with van der Waals surface area (Å²) in [6.45, 7) is 9.23. The molecule has 3 rings (SSSR count). The number of benzene rings is 1. The molecule has 104 valence electrons. The van der Waals surface area contributed by atoms with Crippen LogP contribution < -0.4 is 5.32 Å². The predicted molar refractivity (Wildman–Crippen MR) is 80.4 cm³/mol. The molecule has 0 spiro atoms. The second kappa shape index (κ2) is 5.64. The van der Waals surface area contributed by atoms with Gasteiger partial charge in [0.25, 0.3) is 0 Å². The number of aryl methyl sites for hydroxylation is 1. The van der Waals surface area contributed by atoms with Crippen LogP contribution in [0.4, 0.5) is 0 Å². The Morgan fingerprint density at radius 1 is 1.21 bits per heavy atom. The van der Waals surface area contributed by atoms with Crippen LogP contribution in [0.3, 0.4) is 0 Å². The molecule has 1 saturated carbocycles. The Labute approximate surface area is 117 Å². The third-order valence-electron chi connectivity index (χ3n) is 4.85. The highest BCUT2D eigenvalue weighted by Gasteiger charge is 2.31. The molecule has 1 heterocycles. The number of hydrogen-bond acceptors (Lipinski definition) is 2. The van der Waals surface area contributed by atoms with E-state index >= 15 is 0 Å². The quantitative estimate of drug-likeness (QED) is 0.893. The first-order valence-corrected chi connectivity index (χ1v) is 7.76. The largest absolute Gasteiger partial charge is 0.314 e. The van der Waals surface area contributed by atoms with Gasteiger partial charge in [-0.2, -0.15) is 0 Å². The average Bonchev–Trinajstić information content (AvgIpc) is 3.25. The lowest BCUT2D eigenvalue weighted by Gasteiger charge is -2.36. The van der Waals surface area contributed by atoms with Gasteiger partial charge in [-0.1, -0.05) is 31.0 Å². The monoisotopic (exact) mass is 258 g/mol. The SMILES string of the molecule is Cc1cccc([C@@H](CC2CC2)N2CCNCC2)c1C. The molecule has 19 heavy (non-hydrogen) atoms. The van der Waals surface area contributed by atoms with E-state index in [-0.39, 0.29) is 0 Å². The van der Waals surface area contributed by atoms with Crippen LogP contribution in [0.15, 0.2) is 18.2 Å². The second-order valence-corrected chi connectivity index (χ2v) is 6.27. The summed E-state index contributed by atoms with van der Waals surface area (Å²) in [6, 6.07) is 7.48. The minimum absolute atomic E-state index is 0.648. The van der Waals surface area contributed by atoms with E-state index in [2.05, 4.69) is 42.3 Å². The maximum absolute atomic E-state index is 3.47. The standard InChI is InChI=1S/C17H26N2/c1-13-4-3-5-16(14(13)2)17(12-15-6-7-15)19-10-8-18-9-11-19/h3-5,15,17-18H,6-12H2,1-2H3/t17-/m1/s1. The van der Waals surface area contributed by atoms with Crippen LogP contribution in [0, 0.1) is 19.8 Å². The summed E-state index contributed by atoms with van der Waals surface area (Å²) in [6.07, 6.45) is 4.27. The number of nitrogens with zero attached hydrogens (tertiary/aromatic N) is 1. The van der Waals surface area contributed by atoms with Crippen molar-refractivity contribution in [3.05, 3.63) is 34.9 Å². The molecule has 1 atom stereocenters. The van der Waals surface area contributed by atoms with Crippen molar-refractivity contribution in [1.82, 2.24) is 10.2 Å². The molecule has 2 heteroatoms. The van der Waals surface area contributed by atoms with Crippen molar-refractivity contribution in [3.8, 4) is 0 Å². The van der Waals surface area contributed by atoms with Crippen molar-refractivity contribution in [3.63, 3.8) is 0 Å². The summed E-state index contributed by atoms with van der Waals surface area (Å²) in [5, 5.41) is 3.47. The lowest BCUT2D eigenvalue weighted by Crippen LogP contribution is -2.45. The molecule has 2 fully saturated rings. The van der Waals surface area contributed by atoms with Crippen molar-refractivity contribution in [2.24, 2.45) is 5.92 Å². The van der Waals surface area contributed by atoms with E-state index in [0.717, 1.165) is 19.0 Å². The fourth-order valence-electron chi connectivity index (χ4n) is 3.27. The predicted octanol–water partition coefficient (Wildman–Crippen LogP) is 3.05. The summed E-state index contributed by atoms with van der Waals surface area (Å²) in [5.41, 5.74) is 4.52. The Hall–Kier alpha value is -0.860. The molecule has 1 aliphatic heterocycles. The van der Waals surface area contributed by atoms with E-state index in [9.17, 15) is 0 Å². The van der Waals surface area contributed by atoms with Gasteiger partial charge in [0.2, 0.25) is 0 Å². The van der Waals surface area contributed by atoms with Crippen molar-refractivity contribution in [2.75, 3.05) is 26.2 Å². The summed E-state index contributed by atoms with van der Waals surface area (Å²) in [4.78, 5) is 2.70. The molecular formula is C17H26N2. The Bertz CT molecular complexity index is 431. The summed E-state index contributed by atoms with van der Waals surface area (Å²) in [7, 11) is 0. The molecule has 1 aromatic carbocycles. The molecule has 1 N–H and O–H groups in total. The average molecular weight is 258 g/mol.